The Balaban J connectivity index is 2.70. The summed E-state index contributed by atoms with van der Waals surface area (Å²) in [4.78, 5) is 2.02. The highest BCUT2D eigenvalue weighted by Crippen LogP contribution is 2.20. The second-order valence-corrected chi connectivity index (χ2v) is 2.88. The van der Waals surface area contributed by atoms with Gasteiger partial charge in [0, 0.05) is 5.54 Å². The maximum Gasteiger partial charge on any atom is 0.0458 e. The third-order valence-electron chi connectivity index (χ3n) is 1.91. The lowest BCUT2D eigenvalue weighted by molar-refractivity contribution is 0.260. The van der Waals surface area contributed by atoms with Crippen molar-refractivity contribution in [2.24, 2.45) is 0 Å². The second kappa shape index (κ2) is 2.59. The van der Waals surface area contributed by atoms with E-state index >= 15 is 0 Å². The van der Waals surface area contributed by atoms with Gasteiger partial charge >= 0.3 is 0 Å². The fraction of sp³-hybridized carbons (Fsp3) is 0.444. The average Bonchev–Trinajstić information content (AvgIpc) is 1.89. The highest BCUT2D eigenvalue weighted by Gasteiger charge is 2.22. The van der Waals surface area contributed by atoms with Gasteiger partial charge in [-0.2, -0.15) is 0 Å². The molecule has 0 amide bonds. The summed E-state index contributed by atoms with van der Waals surface area (Å²) in [5, 5.41) is 0. The van der Waals surface area contributed by atoms with Gasteiger partial charge in [0.1, 0.15) is 0 Å². The maximum atomic E-state index is 5.99. The molecule has 1 nitrogen and oxygen atoms in total. The quantitative estimate of drug-likeness (QED) is 0.527. The average molecular weight is 135 g/mol. The van der Waals surface area contributed by atoms with Crippen LogP contribution in [-0.4, -0.2) is 24.5 Å². The molecule has 1 heteroatoms. The van der Waals surface area contributed by atoms with Gasteiger partial charge in [0.15, 0.2) is 0 Å². The molecule has 0 spiro atoms. The Morgan fingerprint density at radius 2 is 2.10 bits per heavy atom. The summed E-state index contributed by atoms with van der Waals surface area (Å²) in [5.74, 6) is 0. The van der Waals surface area contributed by atoms with Gasteiger partial charge in [-0.1, -0.05) is 24.3 Å². The van der Waals surface area contributed by atoms with Crippen LogP contribution in [0.15, 0.2) is 24.3 Å². The Labute approximate surface area is 63.0 Å². The molecular formula is C9H13N. The Hall–Kier alpha value is -0.560. The van der Waals surface area contributed by atoms with Gasteiger partial charge in [-0.05, 0) is 27.4 Å². The highest BCUT2D eigenvalue weighted by atomic mass is 15.1. The summed E-state index contributed by atoms with van der Waals surface area (Å²) in [6, 6.07) is 0. The van der Waals surface area contributed by atoms with Crippen LogP contribution in [0.4, 0.5) is 0 Å². The number of likely N-dealkylation sites (N-methyl/N-ethyl adjacent to an activating group) is 1. The standard InChI is InChI=1S/C9H13N/c1-9(10(2)3)7-5-4-6-8-9/h1,4-7H,8H2,2-3H3. The van der Waals surface area contributed by atoms with Gasteiger partial charge in [-0.3, -0.25) is 4.90 Å². The minimum absolute atomic E-state index is 0.255. The molecule has 0 aromatic rings. The first-order valence-corrected chi connectivity index (χ1v) is 3.46. The first-order valence-electron chi connectivity index (χ1n) is 3.46. The van der Waals surface area contributed by atoms with Crippen molar-refractivity contribution >= 4 is 0 Å². The summed E-state index contributed by atoms with van der Waals surface area (Å²) in [7, 11) is 3.98. The zero-order valence-corrected chi connectivity index (χ0v) is 6.54. The lowest BCUT2D eigenvalue weighted by atomic mass is 9.92. The van der Waals surface area contributed by atoms with Crippen LogP contribution in [0.2, 0.25) is 0 Å². The molecule has 1 unspecified atom stereocenters. The van der Waals surface area contributed by atoms with Crippen molar-refractivity contribution in [2.45, 2.75) is 12.0 Å². The first-order chi connectivity index (χ1) is 4.65. The Kier molecular flexibility index (Phi) is 1.95. The summed E-state index contributed by atoms with van der Waals surface area (Å²) in [6.07, 6.45) is 9.02. The third-order valence-corrected chi connectivity index (χ3v) is 1.91. The number of allylic oxidation sites excluding steroid dienone is 2. The predicted molar refractivity (Wildman–Crippen MR) is 43.6 cm³/mol. The van der Waals surface area contributed by atoms with E-state index < -0.39 is 0 Å². The molecule has 0 saturated heterocycles. The number of hydrogen-bond acceptors (Lipinski definition) is 1. The van der Waals surface area contributed by atoms with Crippen molar-refractivity contribution in [3.63, 3.8) is 0 Å². The van der Waals surface area contributed by atoms with Crippen LogP contribution in [0.3, 0.4) is 0 Å². The van der Waals surface area contributed by atoms with Crippen LogP contribution in [0, 0.1) is 6.92 Å². The normalized spacial score (nSPS) is 31.6. The molecule has 0 N–H and O–H groups in total. The van der Waals surface area contributed by atoms with E-state index in [-0.39, 0.29) is 5.54 Å². The highest BCUT2D eigenvalue weighted by molar-refractivity contribution is 5.22. The van der Waals surface area contributed by atoms with Crippen molar-refractivity contribution in [3.8, 4) is 0 Å². The molecule has 1 aliphatic carbocycles. The maximum absolute atomic E-state index is 5.99. The molecule has 0 fully saturated rings. The molecule has 0 aromatic carbocycles. The fourth-order valence-electron chi connectivity index (χ4n) is 0.957. The molecule has 0 heterocycles. The summed E-state index contributed by atoms with van der Waals surface area (Å²) in [5.41, 5.74) is -0.255. The largest absolute Gasteiger partial charge is 0.300 e. The van der Waals surface area contributed by atoms with E-state index in [4.69, 9.17) is 6.92 Å². The molecule has 0 saturated carbocycles. The first kappa shape index (κ1) is 7.55. The lowest BCUT2D eigenvalue weighted by Gasteiger charge is -2.33. The van der Waals surface area contributed by atoms with Crippen molar-refractivity contribution in [1.82, 2.24) is 4.90 Å². The van der Waals surface area contributed by atoms with E-state index in [0.717, 1.165) is 6.42 Å². The number of rotatable bonds is 1. The fourth-order valence-corrected chi connectivity index (χ4v) is 0.957. The minimum atomic E-state index is -0.255. The van der Waals surface area contributed by atoms with Crippen molar-refractivity contribution in [2.75, 3.05) is 14.1 Å². The Morgan fingerprint density at radius 3 is 2.40 bits per heavy atom. The summed E-state index contributed by atoms with van der Waals surface area (Å²) in [6.45, 7) is 5.99. The lowest BCUT2D eigenvalue weighted by Crippen LogP contribution is -2.39. The molecule has 1 aliphatic rings. The molecule has 0 bridgehead atoms. The van der Waals surface area contributed by atoms with E-state index in [1.165, 1.54) is 0 Å². The topological polar surface area (TPSA) is 3.24 Å². The summed E-state index contributed by atoms with van der Waals surface area (Å²) < 4.78 is 0. The zero-order valence-electron chi connectivity index (χ0n) is 6.54. The molecule has 54 valence electrons. The van der Waals surface area contributed by atoms with Gasteiger partial charge in [-0.15, -0.1) is 0 Å². The molecule has 1 rings (SSSR count). The van der Waals surface area contributed by atoms with E-state index in [1.807, 2.05) is 37.2 Å². The van der Waals surface area contributed by atoms with E-state index in [2.05, 4.69) is 6.08 Å². The van der Waals surface area contributed by atoms with Gasteiger partial charge < -0.3 is 0 Å². The SMILES string of the molecule is [CH]C1(N(C)C)C=CC=CC1. The number of hydrogen-bond donors (Lipinski definition) is 0. The Morgan fingerprint density at radius 1 is 1.40 bits per heavy atom. The summed E-state index contributed by atoms with van der Waals surface area (Å²) >= 11 is 0. The molecule has 0 aromatic heterocycles. The smallest absolute Gasteiger partial charge is 0.0458 e. The molecule has 1 atom stereocenters. The van der Waals surface area contributed by atoms with Gasteiger partial charge in [0.25, 0.3) is 0 Å². The molecule has 0 aliphatic heterocycles. The van der Waals surface area contributed by atoms with Gasteiger partial charge in [-0.25, -0.2) is 0 Å². The minimum Gasteiger partial charge on any atom is -0.300 e. The van der Waals surface area contributed by atoms with Gasteiger partial charge in [0.2, 0.25) is 0 Å². The van der Waals surface area contributed by atoms with Crippen LogP contribution in [0.5, 0.6) is 0 Å². The van der Waals surface area contributed by atoms with Crippen molar-refractivity contribution in [3.05, 3.63) is 31.2 Å². The van der Waals surface area contributed by atoms with Crippen LogP contribution in [0.1, 0.15) is 6.42 Å². The van der Waals surface area contributed by atoms with Crippen LogP contribution >= 0.6 is 0 Å². The zero-order chi connectivity index (χ0) is 7.61. The van der Waals surface area contributed by atoms with Gasteiger partial charge in [0.05, 0.1) is 0 Å². The molecule has 2 radical (unpaired) electrons. The molecule has 10 heavy (non-hydrogen) atoms. The van der Waals surface area contributed by atoms with Crippen LogP contribution < -0.4 is 0 Å². The second-order valence-electron chi connectivity index (χ2n) is 2.88. The molecular weight excluding hydrogens is 122 g/mol. The van der Waals surface area contributed by atoms with E-state index in [0.29, 0.717) is 0 Å². The Bertz CT molecular complexity index is 168. The number of nitrogens with zero attached hydrogens (tertiary/aromatic N) is 1. The van der Waals surface area contributed by atoms with Crippen molar-refractivity contribution in [1.29, 1.82) is 0 Å². The predicted octanol–water partition coefficient (Wildman–Crippen LogP) is 1.51. The third kappa shape index (κ3) is 1.29. The van der Waals surface area contributed by atoms with Crippen molar-refractivity contribution < 1.29 is 0 Å². The monoisotopic (exact) mass is 135 g/mol. The van der Waals surface area contributed by atoms with E-state index in [9.17, 15) is 0 Å². The van der Waals surface area contributed by atoms with Crippen LogP contribution in [0.25, 0.3) is 0 Å². The van der Waals surface area contributed by atoms with Crippen LogP contribution in [-0.2, 0) is 0 Å². The van der Waals surface area contributed by atoms with E-state index in [1.54, 1.807) is 0 Å².